The molecule has 1 N–H and O–H groups in total. The Bertz CT molecular complexity index is 242. The van der Waals surface area contributed by atoms with Crippen LogP contribution in [0.3, 0.4) is 0 Å². The van der Waals surface area contributed by atoms with Crippen molar-refractivity contribution in [3.05, 3.63) is 0 Å². The molecule has 0 spiro atoms. The highest BCUT2D eigenvalue weighted by Crippen LogP contribution is 2.23. The van der Waals surface area contributed by atoms with Crippen LogP contribution in [0, 0.1) is 0 Å². The minimum absolute atomic E-state index is 0.0616. The number of likely N-dealkylation sites (N-methyl/N-ethyl adjacent to an activating group) is 2. The highest BCUT2D eigenvalue weighted by atomic mass is 16.2. The maximum absolute atomic E-state index is 11.9. The summed E-state index contributed by atoms with van der Waals surface area (Å²) in [6.45, 7) is 3.79. The highest BCUT2D eigenvalue weighted by Gasteiger charge is 2.40. The first-order valence-corrected chi connectivity index (χ1v) is 5.31. The fourth-order valence-electron chi connectivity index (χ4n) is 2.51. The van der Waals surface area contributed by atoms with Crippen molar-refractivity contribution in [3.8, 4) is 0 Å². The molecule has 0 aliphatic carbocycles. The average molecular weight is 197 g/mol. The van der Waals surface area contributed by atoms with E-state index in [1.807, 2.05) is 18.9 Å². The molecule has 3 atom stereocenters. The van der Waals surface area contributed by atoms with Crippen LogP contribution in [0.15, 0.2) is 0 Å². The third kappa shape index (κ3) is 1.42. The number of nitrogens with zero attached hydrogens (tertiary/aromatic N) is 2. The van der Waals surface area contributed by atoms with Gasteiger partial charge in [0, 0.05) is 25.2 Å². The van der Waals surface area contributed by atoms with Gasteiger partial charge in [-0.25, -0.2) is 0 Å². The van der Waals surface area contributed by atoms with Crippen LogP contribution in [-0.2, 0) is 4.79 Å². The Labute approximate surface area is 85.2 Å². The van der Waals surface area contributed by atoms with Gasteiger partial charge in [0.15, 0.2) is 0 Å². The second-order valence-electron chi connectivity index (χ2n) is 4.46. The molecule has 2 heterocycles. The van der Waals surface area contributed by atoms with Gasteiger partial charge in [0.1, 0.15) is 0 Å². The van der Waals surface area contributed by atoms with Crippen molar-refractivity contribution in [1.29, 1.82) is 0 Å². The van der Waals surface area contributed by atoms with E-state index in [2.05, 4.69) is 17.3 Å². The number of hydrogen-bond donors (Lipinski definition) is 1. The number of piperidine rings is 1. The lowest BCUT2D eigenvalue weighted by molar-refractivity contribution is -0.146. The molecule has 0 radical (unpaired) electrons. The quantitative estimate of drug-likeness (QED) is 0.616. The minimum Gasteiger partial charge on any atom is -0.338 e. The average Bonchev–Trinajstić information content (AvgIpc) is 2.23. The van der Waals surface area contributed by atoms with Gasteiger partial charge < -0.3 is 10.2 Å². The smallest absolute Gasteiger partial charge is 0.239 e. The minimum atomic E-state index is 0.0616. The summed E-state index contributed by atoms with van der Waals surface area (Å²) in [5.41, 5.74) is 0. The van der Waals surface area contributed by atoms with Gasteiger partial charge in [-0.05, 0) is 27.4 Å². The van der Waals surface area contributed by atoms with Crippen molar-refractivity contribution in [2.45, 2.75) is 31.5 Å². The number of hydrogen-bond acceptors (Lipinski definition) is 3. The Morgan fingerprint density at radius 1 is 1.43 bits per heavy atom. The molecular formula is C10H19N3O. The van der Waals surface area contributed by atoms with Crippen LogP contribution in [0.1, 0.15) is 13.3 Å². The van der Waals surface area contributed by atoms with Crippen molar-refractivity contribution in [1.82, 2.24) is 15.1 Å². The van der Waals surface area contributed by atoms with E-state index < -0.39 is 0 Å². The lowest BCUT2D eigenvalue weighted by Crippen LogP contribution is -2.66. The zero-order valence-electron chi connectivity index (χ0n) is 9.16. The van der Waals surface area contributed by atoms with E-state index in [4.69, 9.17) is 0 Å². The lowest BCUT2D eigenvalue weighted by Gasteiger charge is -2.49. The summed E-state index contributed by atoms with van der Waals surface area (Å²) in [5, 5.41) is 3.27. The predicted octanol–water partition coefficient (Wildman–Crippen LogP) is -0.491. The van der Waals surface area contributed by atoms with Gasteiger partial charge in [-0.1, -0.05) is 0 Å². The molecule has 0 aromatic carbocycles. The van der Waals surface area contributed by atoms with Crippen LogP contribution in [-0.4, -0.2) is 61.0 Å². The van der Waals surface area contributed by atoms with E-state index in [0.717, 1.165) is 19.5 Å². The van der Waals surface area contributed by atoms with Crippen LogP contribution in [0.5, 0.6) is 0 Å². The molecule has 2 saturated heterocycles. The van der Waals surface area contributed by atoms with Gasteiger partial charge in [0.25, 0.3) is 0 Å². The zero-order chi connectivity index (χ0) is 10.3. The largest absolute Gasteiger partial charge is 0.338 e. The van der Waals surface area contributed by atoms with E-state index in [1.54, 1.807) is 0 Å². The fraction of sp³-hybridized carbons (Fsp3) is 0.900. The predicted molar refractivity (Wildman–Crippen MR) is 55.1 cm³/mol. The zero-order valence-corrected chi connectivity index (χ0v) is 9.16. The molecule has 2 bridgehead atoms. The van der Waals surface area contributed by atoms with E-state index in [0.29, 0.717) is 12.1 Å². The first-order chi connectivity index (χ1) is 6.63. The summed E-state index contributed by atoms with van der Waals surface area (Å²) in [5.74, 6) is 0.281. The second-order valence-corrected chi connectivity index (χ2v) is 4.46. The van der Waals surface area contributed by atoms with Crippen LogP contribution in [0.4, 0.5) is 0 Å². The Kier molecular flexibility index (Phi) is 2.49. The summed E-state index contributed by atoms with van der Waals surface area (Å²) in [4.78, 5) is 16.1. The highest BCUT2D eigenvalue weighted by molar-refractivity contribution is 5.82. The van der Waals surface area contributed by atoms with Crippen molar-refractivity contribution in [3.63, 3.8) is 0 Å². The summed E-state index contributed by atoms with van der Waals surface area (Å²) >= 11 is 0. The monoisotopic (exact) mass is 197 g/mol. The van der Waals surface area contributed by atoms with Gasteiger partial charge in [0.05, 0.1) is 6.04 Å². The number of amides is 1. The third-order valence-corrected chi connectivity index (χ3v) is 3.69. The molecule has 0 aromatic heterocycles. The SMILES string of the molecule is CNC1CC2CN(C1)C(=O)C(C)N2C. The molecule has 4 nitrogen and oxygen atoms in total. The van der Waals surface area contributed by atoms with Gasteiger partial charge in [-0.3, -0.25) is 9.69 Å². The van der Waals surface area contributed by atoms with Crippen molar-refractivity contribution < 1.29 is 4.79 Å². The molecule has 4 heteroatoms. The summed E-state index contributed by atoms with van der Waals surface area (Å²) in [6, 6.07) is 1.06. The van der Waals surface area contributed by atoms with Crippen LogP contribution < -0.4 is 5.32 Å². The molecule has 2 fully saturated rings. The number of fused-ring (bicyclic) bond motifs is 2. The molecule has 3 unspecified atom stereocenters. The number of piperazine rings is 1. The molecule has 2 aliphatic heterocycles. The first kappa shape index (κ1) is 9.93. The van der Waals surface area contributed by atoms with Gasteiger partial charge in [-0.15, -0.1) is 0 Å². The molecule has 2 rings (SSSR count). The third-order valence-electron chi connectivity index (χ3n) is 3.69. The molecule has 0 aromatic rings. The summed E-state index contributed by atoms with van der Waals surface area (Å²) < 4.78 is 0. The van der Waals surface area contributed by atoms with Crippen molar-refractivity contribution in [2.24, 2.45) is 0 Å². The lowest BCUT2D eigenvalue weighted by atomic mass is 9.94. The first-order valence-electron chi connectivity index (χ1n) is 5.31. The summed E-state index contributed by atoms with van der Waals surface area (Å²) in [7, 11) is 4.03. The molecule has 2 aliphatic rings. The Morgan fingerprint density at radius 2 is 2.14 bits per heavy atom. The standard InChI is InChI=1S/C10H19N3O/c1-7-10(14)13-5-8(11-2)4-9(6-13)12(7)3/h7-9,11H,4-6H2,1-3H3. The van der Waals surface area contributed by atoms with Crippen LogP contribution in [0.25, 0.3) is 0 Å². The van der Waals surface area contributed by atoms with Gasteiger partial charge >= 0.3 is 0 Å². The van der Waals surface area contributed by atoms with Crippen molar-refractivity contribution in [2.75, 3.05) is 27.2 Å². The van der Waals surface area contributed by atoms with E-state index >= 15 is 0 Å². The van der Waals surface area contributed by atoms with Gasteiger partial charge in [-0.2, -0.15) is 0 Å². The van der Waals surface area contributed by atoms with Crippen LogP contribution in [0.2, 0.25) is 0 Å². The topological polar surface area (TPSA) is 35.6 Å². The fourth-order valence-corrected chi connectivity index (χ4v) is 2.51. The Morgan fingerprint density at radius 3 is 2.79 bits per heavy atom. The van der Waals surface area contributed by atoms with E-state index in [9.17, 15) is 4.79 Å². The van der Waals surface area contributed by atoms with Crippen LogP contribution >= 0.6 is 0 Å². The summed E-state index contributed by atoms with van der Waals surface area (Å²) in [6.07, 6.45) is 1.15. The van der Waals surface area contributed by atoms with E-state index in [1.165, 1.54) is 0 Å². The maximum Gasteiger partial charge on any atom is 0.239 e. The van der Waals surface area contributed by atoms with Gasteiger partial charge in [0.2, 0.25) is 5.91 Å². The molecular weight excluding hydrogens is 178 g/mol. The molecule has 1 amide bonds. The van der Waals surface area contributed by atoms with E-state index in [-0.39, 0.29) is 11.9 Å². The molecule has 80 valence electrons. The number of nitrogens with one attached hydrogen (secondary N) is 1. The number of carbonyl (C=O) groups is 1. The number of rotatable bonds is 1. The van der Waals surface area contributed by atoms with Crippen molar-refractivity contribution >= 4 is 5.91 Å². The number of carbonyl (C=O) groups excluding carboxylic acids is 1. The Hall–Kier alpha value is -0.610. The Balaban J connectivity index is 2.15. The second kappa shape index (κ2) is 3.51. The molecule has 14 heavy (non-hydrogen) atoms. The maximum atomic E-state index is 11.9. The normalized spacial score (nSPS) is 38.9. The molecule has 0 saturated carbocycles.